The summed E-state index contributed by atoms with van der Waals surface area (Å²) in [7, 11) is 0. The third kappa shape index (κ3) is 4.41. The van der Waals surface area contributed by atoms with E-state index in [4.69, 9.17) is 4.74 Å². The number of nitrogens with one attached hydrogen (secondary N) is 1. The van der Waals surface area contributed by atoms with E-state index in [2.05, 4.69) is 15.0 Å². The average molecular weight is 371 g/mol. The van der Waals surface area contributed by atoms with Crippen molar-refractivity contribution in [3.8, 4) is 5.75 Å². The summed E-state index contributed by atoms with van der Waals surface area (Å²) in [5, 5.41) is 0.573. The number of rotatable bonds is 5. The zero-order valence-corrected chi connectivity index (χ0v) is 13.8. The lowest BCUT2D eigenvalue weighted by Gasteiger charge is -2.13. The van der Waals surface area contributed by atoms with Gasteiger partial charge in [-0.1, -0.05) is 11.8 Å². The van der Waals surface area contributed by atoms with Crippen molar-refractivity contribution in [2.45, 2.75) is 24.0 Å². The van der Waals surface area contributed by atoms with Crippen molar-refractivity contribution >= 4 is 22.8 Å². The first-order valence-electron chi connectivity index (χ1n) is 7.24. The fourth-order valence-corrected chi connectivity index (χ4v) is 3.09. The fraction of sp³-hybridized carbons (Fsp3) is 0.250. The van der Waals surface area contributed by atoms with Crippen LogP contribution in [0.2, 0.25) is 0 Å². The maximum Gasteiger partial charge on any atom is 0.422 e. The van der Waals surface area contributed by atoms with Gasteiger partial charge < -0.3 is 9.72 Å². The van der Waals surface area contributed by atoms with E-state index in [1.165, 1.54) is 36.2 Å². The molecule has 1 N–H and O–H groups in total. The first kappa shape index (κ1) is 17.5. The van der Waals surface area contributed by atoms with E-state index in [-0.39, 0.29) is 11.6 Å². The molecule has 4 nitrogen and oxygen atoms in total. The van der Waals surface area contributed by atoms with Crippen molar-refractivity contribution in [1.82, 2.24) is 15.0 Å². The van der Waals surface area contributed by atoms with Gasteiger partial charge in [0, 0.05) is 17.5 Å². The summed E-state index contributed by atoms with van der Waals surface area (Å²) >= 11 is 1.32. The predicted molar refractivity (Wildman–Crippen MR) is 86.1 cm³/mol. The molecule has 0 fully saturated rings. The highest BCUT2D eigenvalue weighted by Crippen LogP contribution is 2.28. The van der Waals surface area contributed by atoms with E-state index in [1.54, 1.807) is 13.0 Å². The summed E-state index contributed by atoms with van der Waals surface area (Å²) < 4.78 is 54.9. The standard InChI is InChI=1S/C16H13F4N3OS/c1-9-13(21-5-4-14(9)24-8-16(18,19)20)7-25-15-22-11-3-2-10(17)6-12(11)23-15/h2-6H,7-8H2,1H3,(H,22,23). The Balaban J connectivity index is 1.71. The predicted octanol–water partition coefficient (Wildman–Crippen LogP) is 4.64. The van der Waals surface area contributed by atoms with E-state index in [0.29, 0.717) is 33.2 Å². The zero-order valence-electron chi connectivity index (χ0n) is 13.0. The third-order valence-electron chi connectivity index (χ3n) is 3.42. The highest BCUT2D eigenvalue weighted by molar-refractivity contribution is 7.98. The lowest BCUT2D eigenvalue weighted by atomic mass is 10.2. The van der Waals surface area contributed by atoms with E-state index in [9.17, 15) is 17.6 Å². The lowest BCUT2D eigenvalue weighted by Crippen LogP contribution is -2.19. The Labute approximate surface area is 144 Å². The van der Waals surface area contributed by atoms with Crippen molar-refractivity contribution in [1.29, 1.82) is 0 Å². The van der Waals surface area contributed by atoms with Crippen molar-refractivity contribution in [2.24, 2.45) is 0 Å². The van der Waals surface area contributed by atoms with Gasteiger partial charge in [0.2, 0.25) is 0 Å². The normalized spacial score (nSPS) is 11.9. The highest BCUT2D eigenvalue weighted by Gasteiger charge is 2.28. The molecule has 0 aliphatic heterocycles. The van der Waals surface area contributed by atoms with Crippen molar-refractivity contribution in [2.75, 3.05) is 6.61 Å². The van der Waals surface area contributed by atoms with E-state index < -0.39 is 12.8 Å². The van der Waals surface area contributed by atoms with Crippen LogP contribution >= 0.6 is 11.8 Å². The number of alkyl halides is 3. The van der Waals surface area contributed by atoms with Gasteiger partial charge in [-0.2, -0.15) is 13.2 Å². The molecule has 0 radical (unpaired) electrons. The van der Waals surface area contributed by atoms with Crippen molar-refractivity contribution in [3.05, 3.63) is 47.5 Å². The molecule has 1 aromatic carbocycles. The Morgan fingerprint density at radius 2 is 2.04 bits per heavy atom. The molecule has 0 unspecified atom stereocenters. The summed E-state index contributed by atoms with van der Waals surface area (Å²) in [6, 6.07) is 5.64. The van der Waals surface area contributed by atoms with Gasteiger partial charge in [0.25, 0.3) is 0 Å². The SMILES string of the molecule is Cc1c(OCC(F)(F)F)ccnc1CSc1nc2ccc(F)cc2[nH]1. The molecule has 3 aromatic rings. The molecule has 2 aromatic heterocycles. The molecule has 0 spiro atoms. The number of halogens is 4. The van der Waals surface area contributed by atoms with E-state index >= 15 is 0 Å². The Morgan fingerprint density at radius 1 is 1.24 bits per heavy atom. The molecule has 0 aliphatic rings. The number of nitrogens with zero attached hydrogens (tertiary/aromatic N) is 2. The van der Waals surface area contributed by atoms with Crippen LogP contribution in [-0.2, 0) is 5.75 Å². The van der Waals surface area contributed by atoms with Crippen LogP contribution in [0.5, 0.6) is 5.75 Å². The molecule has 0 atom stereocenters. The lowest BCUT2D eigenvalue weighted by molar-refractivity contribution is -0.153. The Bertz CT molecular complexity index is 895. The van der Waals surface area contributed by atoms with Crippen molar-refractivity contribution in [3.63, 3.8) is 0 Å². The Kier molecular flexibility index (Phi) is 4.85. The molecule has 132 valence electrons. The fourth-order valence-electron chi connectivity index (χ4n) is 2.18. The molecule has 2 heterocycles. The van der Waals surface area contributed by atoms with Crippen molar-refractivity contribution < 1.29 is 22.3 Å². The number of aromatic nitrogens is 3. The molecule has 0 amide bonds. The van der Waals surface area contributed by atoms with Gasteiger partial charge in [-0.05, 0) is 31.2 Å². The first-order chi connectivity index (χ1) is 11.8. The minimum atomic E-state index is -4.39. The van der Waals surface area contributed by atoms with E-state index in [1.807, 2.05) is 0 Å². The number of thioether (sulfide) groups is 1. The minimum Gasteiger partial charge on any atom is -0.484 e. The second-order valence-corrected chi connectivity index (χ2v) is 6.24. The van der Waals surface area contributed by atoms with Gasteiger partial charge in [0.15, 0.2) is 11.8 Å². The molecule has 25 heavy (non-hydrogen) atoms. The van der Waals surface area contributed by atoms with Crippen LogP contribution in [0, 0.1) is 12.7 Å². The number of benzene rings is 1. The van der Waals surface area contributed by atoms with Crippen LogP contribution in [0.25, 0.3) is 11.0 Å². The monoisotopic (exact) mass is 371 g/mol. The summed E-state index contributed by atoms with van der Waals surface area (Å²) in [6.45, 7) is 0.308. The van der Waals surface area contributed by atoms with Gasteiger partial charge >= 0.3 is 6.18 Å². The number of fused-ring (bicyclic) bond motifs is 1. The topological polar surface area (TPSA) is 50.8 Å². The van der Waals surface area contributed by atoms with Gasteiger partial charge in [-0.15, -0.1) is 0 Å². The summed E-state index contributed by atoms with van der Waals surface area (Å²) in [4.78, 5) is 11.5. The number of ether oxygens (including phenoxy) is 1. The maximum absolute atomic E-state index is 13.2. The number of aromatic amines is 1. The Hall–Kier alpha value is -2.29. The molecule has 0 bridgehead atoms. The average Bonchev–Trinajstić information content (AvgIpc) is 2.94. The summed E-state index contributed by atoms with van der Waals surface area (Å²) in [5.74, 6) is 0.173. The second-order valence-electron chi connectivity index (χ2n) is 5.28. The van der Waals surface area contributed by atoms with E-state index in [0.717, 1.165) is 0 Å². The Morgan fingerprint density at radius 3 is 2.80 bits per heavy atom. The molecule has 3 rings (SSSR count). The second kappa shape index (κ2) is 6.91. The van der Waals surface area contributed by atoms with Crippen LogP contribution in [0.3, 0.4) is 0 Å². The molecule has 0 saturated heterocycles. The quantitative estimate of drug-likeness (QED) is 0.524. The first-order valence-corrected chi connectivity index (χ1v) is 8.22. The zero-order chi connectivity index (χ0) is 18.0. The molecular weight excluding hydrogens is 358 g/mol. The molecule has 0 saturated carbocycles. The summed E-state index contributed by atoms with van der Waals surface area (Å²) in [6.07, 6.45) is -2.99. The van der Waals surface area contributed by atoms with Gasteiger partial charge in [0.05, 0.1) is 16.7 Å². The number of imidazole rings is 1. The highest BCUT2D eigenvalue weighted by atomic mass is 32.2. The molecule has 9 heteroatoms. The maximum atomic E-state index is 13.2. The smallest absolute Gasteiger partial charge is 0.422 e. The number of H-pyrrole nitrogens is 1. The van der Waals surface area contributed by atoms with Gasteiger partial charge in [0.1, 0.15) is 11.6 Å². The number of hydrogen-bond acceptors (Lipinski definition) is 4. The largest absolute Gasteiger partial charge is 0.484 e. The third-order valence-corrected chi connectivity index (χ3v) is 4.30. The van der Waals surface area contributed by atoms with Crippen LogP contribution in [-0.4, -0.2) is 27.7 Å². The number of pyridine rings is 1. The van der Waals surface area contributed by atoms with Gasteiger partial charge in [-0.3, -0.25) is 4.98 Å². The minimum absolute atomic E-state index is 0.148. The van der Waals surface area contributed by atoms with Crippen LogP contribution in [0.1, 0.15) is 11.3 Å². The number of hydrogen-bond donors (Lipinski definition) is 1. The van der Waals surface area contributed by atoms with Crippen LogP contribution in [0.4, 0.5) is 17.6 Å². The molecule has 0 aliphatic carbocycles. The molecular formula is C16H13F4N3OS. The van der Waals surface area contributed by atoms with Crippen LogP contribution in [0.15, 0.2) is 35.6 Å². The summed E-state index contributed by atoms with van der Waals surface area (Å²) in [5.41, 5.74) is 2.35. The van der Waals surface area contributed by atoms with Crippen LogP contribution < -0.4 is 4.74 Å². The van der Waals surface area contributed by atoms with Gasteiger partial charge in [-0.25, -0.2) is 9.37 Å².